The van der Waals surface area contributed by atoms with Crippen LogP contribution in [-0.2, 0) is 4.79 Å². The molecule has 1 aliphatic heterocycles. The summed E-state index contributed by atoms with van der Waals surface area (Å²) in [4.78, 5) is 33.5. The number of nitrogens with two attached hydrogens (primary N) is 1. The predicted molar refractivity (Wildman–Crippen MR) is 145 cm³/mol. The molecule has 0 atom stereocenters. The number of hydrogen-bond acceptors (Lipinski definition) is 7. The van der Waals surface area contributed by atoms with Crippen molar-refractivity contribution in [3.05, 3.63) is 71.9 Å². The summed E-state index contributed by atoms with van der Waals surface area (Å²) in [6.45, 7) is 3.87. The summed E-state index contributed by atoms with van der Waals surface area (Å²) in [5.41, 5.74) is 7.72. The van der Waals surface area contributed by atoms with Gasteiger partial charge in [0.15, 0.2) is 11.8 Å². The number of carbonyl (C=O) groups is 1. The third-order valence-corrected chi connectivity index (χ3v) is 6.25. The van der Waals surface area contributed by atoms with E-state index in [1.54, 1.807) is 30.2 Å². The molecule has 1 aliphatic rings. The van der Waals surface area contributed by atoms with Gasteiger partial charge < -0.3 is 25.6 Å². The Hall–Kier alpha value is -4.44. The van der Waals surface area contributed by atoms with E-state index in [4.69, 9.17) is 22.1 Å². The van der Waals surface area contributed by atoms with E-state index in [-0.39, 0.29) is 17.7 Å². The maximum Gasteiger partial charge on any atom is 0.230 e. The molecule has 0 unspecified atom stereocenters. The van der Waals surface area contributed by atoms with Gasteiger partial charge in [-0.05, 0) is 36.4 Å². The second kappa shape index (κ2) is 10.7. The van der Waals surface area contributed by atoms with Gasteiger partial charge in [-0.25, -0.2) is 0 Å². The highest BCUT2D eigenvalue weighted by Crippen LogP contribution is 2.35. The molecule has 2 aromatic carbocycles. The molecule has 2 aromatic heterocycles. The summed E-state index contributed by atoms with van der Waals surface area (Å²) in [6.07, 6.45) is 1.71. The van der Waals surface area contributed by atoms with Crippen molar-refractivity contribution < 1.29 is 9.53 Å². The number of nitrogens with zero attached hydrogens (tertiary/aromatic N) is 6. The highest BCUT2D eigenvalue weighted by atomic mass is 35.5. The van der Waals surface area contributed by atoms with Crippen molar-refractivity contribution in [3.63, 3.8) is 0 Å². The number of guanidine groups is 1. The highest BCUT2D eigenvalue weighted by molar-refractivity contribution is 6.36. The molecule has 11 heteroatoms. The number of halogens is 1. The molecule has 5 rings (SSSR count). The van der Waals surface area contributed by atoms with Crippen LogP contribution in [0, 0.1) is 0 Å². The van der Waals surface area contributed by atoms with E-state index < -0.39 is 0 Å². The monoisotopic (exact) mass is 516 g/mol. The minimum absolute atomic E-state index is 0.0446. The molecule has 3 N–H and O–H groups in total. The molecule has 37 heavy (non-hydrogen) atoms. The third kappa shape index (κ3) is 5.70. The molecule has 1 saturated heterocycles. The molecule has 1 fully saturated rings. The summed E-state index contributed by atoms with van der Waals surface area (Å²) in [5, 5.41) is 4.24. The van der Waals surface area contributed by atoms with Gasteiger partial charge in [0.2, 0.25) is 17.7 Å². The minimum atomic E-state index is 0.0446. The molecular formula is C26H25ClN8O2. The second-order valence-electron chi connectivity index (χ2n) is 8.40. The van der Waals surface area contributed by atoms with Crippen LogP contribution in [0.4, 0.5) is 17.5 Å². The molecular weight excluding hydrogens is 492 g/mol. The molecule has 0 bridgehead atoms. The molecule has 188 valence electrons. The fourth-order valence-electron chi connectivity index (χ4n) is 3.98. The first-order valence-electron chi connectivity index (χ1n) is 11.7. The number of carbonyl (C=O) groups excluding carboxylic acids is 1. The number of aliphatic imine (C=N–C) groups is 1. The van der Waals surface area contributed by atoms with Gasteiger partial charge in [-0.2, -0.15) is 15.0 Å². The van der Waals surface area contributed by atoms with Crippen LogP contribution < -0.4 is 20.7 Å². The normalized spacial score (nSPS) is 14.1. The van der Waals surface area contributed by atoms with Crippen LogP contribution in [-0.4, -0.2) is 57.9 Å². The van der Waals surface area contributed by atoms with Crippen LogP contribution in [0.1, 0.15) is 6.92 Å². The fraction of sp³-hybridized carbons (Fsp3) is 0.192. The van der Waals surface area contributed by atoms with Crippen LogP contribution in [0.5, 0.6) is 11.6 Å². The zero-order valence-corrected chi connectivity index (χ0v) is 20.9. The number of para-hydroxylation sites is 1. The first-order valence-corrected chi connectivity index (χ1v) is 12.1. The first-order chi connectivity index (χ1) is 18.0. The average molecular weight is 517 g/mol. The van der Waals surface area contributed by atoms with Gasteiger partial charge in [0.05, 0.1) is 10.5 Å². The highest BCUT2D eigenvalue weighted by Gasteiger charge is 2.22. The molecule has 0 spiro atoms. The Balaban J connectivity index is 1.47. The Bertz CT molecular complexity index is 1460. The Morgan fingerprint density at radius 3 is 2.59 bits per heavy atom. The number of pyridine rings is 1. The largest absolute Gasteiger partial charge is 0.437 e. The van der Waals surface area contributed by atoms with Gasteiger partial charge in [0.1, 0.15) is 5.75 Å². The van der Waals surface area contributed by atoms with Crippen LogP contribution in [0.3, 0.4) is 0 Å². The molecule has 0 radical (unpaired) electrons. The molecule has 0 aliphatic carbocycles. The van der Waals surface area contributed by atoms with E-state index in [0.29, 0.717) is 48.7 Å². The Labute approximate surface area is 218 Å². The van der Waals surface area contributed by atoms with E-state index in [2.05, 4.69) is 25.3 Å². The summed E-state index contributed by atoms with van der Waals surface area (Å²) in [5.74, 6) is 1.63. The maximum atomic E-state index is 11.8. The number of fused-ring (bicyclic) bond motifs is 1. The van der Waals surface area contributed by atoms with Crippen molar-refractivity contribution in [2.75, 3.05) is 36.4 Å². The van der Waals surface area contributed by atoms with E-state index >= 15 is 0 Å². The Morgan fingerprint density at radius 2 is 1.84 bits per heavy atom. The number of rotatable bonds is 5. The lowest BCUT2D eigenvalue weighted by molar-refractivity contribution is -0.129. The number of hydrogen-bond donors (Lipinski definition) is 2. The van der Waals surface area contributed by atoms with E-state index in [1.807, 2.05) is 53.4 Å². The van der Waals surface area contributed by atoms with Gasteiger partial charge in [-0.1, -0.05) is 29.8 Å². The smallest absolute Gasteiger partial charge is 0.230 e. The van der Waals surface area contributed by atoms with Crippen LogP contribution in [0.15, 0.2) is 71.9 Å². The topological polar surface area (TPSA) is 122 Å². The minimum Gasteiger partial charge on any atom is -0.437 e. The standard InChI is InChI=1S/C26H25ClN8O2/c1-17(36)34-12-14-35(15-13-34)26-32-22(31-25(28)30-18-6-3-2-4-7-18)16-23(33-26)37-21-10-9-20-19(24(21)27)8-5-11-29-20/h2-11,16H,12-15H2,1H3,(H3,28,30,31,32,33). The number of benzene rings is 2. The Kier molecular flexibility index (Phi) is 7.00. The number of piperazine rings is 1. The first kappa shape index (κ1) is 24.3. The van der Waals surface area contributed by atoms with Crippen molar-refractivity contribution in [1.82, 2.24) is 19.9 Å². The zero-order valence-electron chi connectivity index (χ0n) is 20.1. The molecule has 1 amide bonds. The molecule has 4 aromatic rings. The predicted octanol–water partition coefficient (Wildman–Crippen LogP) is 4.20. The van der Waals surface area contributed by atoms with Crippen LogP contribution in [0.25, 0.3) is 10.9 Å². The van der Waals surface area contributed by atoms with Crippen molar-refractivity contribution in [1.29, 1.82) is 0 Å². The molecule has 3 heterocycles. The van der Waals surface area contributed by atoms with E-state index in [1.165, 1.54) is 0 Å². The van der Waals surface area contributed by atoms with Crippen molar-refractivity contribution >= 4 is 51.8 Å². The summed E-state index contributed by atoms with van der Waals surface area (Å²) in [6, 6.07) is 18.3. The Morgan fingerprint density at radius 1 is 1.05 bits per heavy atom. The summed E-state index contributed by atoms with van der Waals surface area (Å²) in [7, 11) is 0. The number of aromatic nitrogens is 3. The SMILES string of the molecule is CC(=O)N1CCN(c2nc(/N=C(/N)Nc3ccccc3)cc(Oc3ccc4ncccc4c3Cl)n2)CC1. The summed E-state index contributed by atoms with van der Waals surface area (Å²) < 4.78 is 6.12. The van der Waals surface area contributed by atoms with Crippen LogP contribution >= 0.6 is 11.6 Å². The quantitative estimate of drug-likeness (QED) is 0.299. The second-order valence-corrected chi connectivity index (χ2v) is 8.77. The number of ether oxygens (including phenoxy) is 1. The third-order valence-electron chi connectivity index (χ3n) is 5.86. The summed E-state index contributed by atoms with van der Waals surface area (Å²) >= 11 is 6.63. The van der Waals surface area contributed by atoms with Gasteiger partial charge in [0.25, 0.3) is 0 Å². The van der Waals surface area contributed by atoms with Gasteiger partial charge in [0, 0.05) is 56.4 Å². The average Bonchev–Trinajstić information content (AvgIpc) is 2.91. The maximum absolute atomic E-state index is 11.8. The van der Waals surface area contributed by atoms with Crippen molar-refractivity contribution in [2.45, 2.75) is 6.92 Å². The lowest BCUT2D eigenvalue weighted by Gasteiger charge is -2.34. The fourth-order valence-corrected chi connectivity index (χ4v) is 4.24. The van der Waals surface area contributed by atoms with Gasteiger partial charge in [-0.3, -0.25) is 9.78 Å². The van der Waals surface area contributed by atoms with Gasteiger partial charge in [-0.15, -0.1) is 0 Å². The van der Waals surface area contributed by atoms with Gasteiger partial charge >= 0.3 is 0 Å². The lowest BCUT2D eigenvalue weighted by Crippen LogP contribution is -2.48. The van der Waals surface area contributed by atoms with E-state index in [9.17, 15) is 4.79 Å². The number of anilines is 2. The molecule has 10 nitrogen and oxygen atoms in total. The molecule has 0 saturated carbocycles. The van der Waals surface area contributed by atoms with E-state index in [0.717, 1.165) is 16.6 Å². The zero-order chi connectivity index (χ0) is 25.8. The van der Waals surface area contributed by atoms with Crippen LogP contribution in [0.2, 0.25) is 5.02 Å². The van der Waals surface area contributed by atoms with Crippen molar-refractivity contribution in [2.24, 2.45) is 10.7 Å². The number of nitrogens with one attached hydrogen (secondary N) is 1. The number of amides is 1. The van der Waals surface area contributed by atoms with Crippen molar-refractivity contribution in [3.8, 4) is 11.6 Å². The lowest BCUT2D eigenvalue weighted by atomic mass is 10.2.